The molecule has 5 aliphatic heterocycles. The van der Waals surface area contributed by atoms with E-state index in [1.165, 1.54) is 0 Å². The number of hydrogen-bond acceptors (Lipinski definition) is 12. The monoisotopic (exact) mass is 728 g/mol. The molecule has 0 unspecified atom stereocenters. The van der Waals surface area contributed by atoms with Crippen LogP contribution in [0.25, 0.3) is 0 Å². The molecule has 16 heteroatoms. The molecule has 0 aromatic carbocycles. The van der Waals surface area contributed by atoms with Crippen LogP contribution in [0.15, 0.2) is 20.0 Å². The molecule has 8 bridgehead atoms. The van der Waals surface area contributed by atoms with E-state index in [2.05, 4.69) is 41.2 Å². The Labute approximate surface area is 305 Å². The zero-order chi connectivity index (χ0) is 38.3. The molecule has 0 saturated heterocycles. The summed E-state index contributed by atoms with van der Waals surface area (Å²) < 4.78 is 24.4. The van der Waals surface area contributed by atoms with Crippen LogP contribution in [-0.2, 0) is 38.1 Å². The fourth-order valence-corrected chi connectivity index (χ4v) is 6.82. The predicted octanol–water partition coefficient (Wildman–Crippen LogP) is 1.31. The lowest BCUT2D eigenvalue weighted by molar-refractivity contribution is -0.125. The molecule has 0 spiro atoms. The van der Waals surface area contributed by atoms with E-state index in [0.717, 1.165) is 0 Å². The van der Waals surface area contributed by atoms with Crippen molar-refractivity contribution in [3.63, 3.8) is 0 Å². The van der Waals surface area contributed by atoms with Crippen molar-refractivity contribution in [3.05, 3.63) is 0 Å². The molecule has 4 amide bonds. The quantitative estimate of drug-likeness (QED) is 0.332. The number of aliphatic imine (C=N–C) groups is 4. The Morgan fingerprint density at radius 2 is 0.558 bits per heavy atom. The highest BCUT2D eigenvalue weighted by molar-refractivity contribution is 6.00. The largest absolute Gasteiger partial charge is 0.474 e. The third-order valence-electron chi connectivity index (χ3n) is 10.1. The highest BCUT2D eigenvalue weighted by Crippen LogP contribution is 2.26. The average Bonchev–Trinajstić information content (AvgIpc) is 3.83. The second kappa shape index (κ2) is 15.4. The molecule has 0 radical (unpaired) electrons. The Hall–Kier alpha value is -4.24. The maximum Gasteiger partial charge on any atom is 0.249 e. The fraction of sp³-hybridized carbons (Fsp3) is 0.778. The summed E-state index contributed by atoms with van der Waals surface area (Å²) in [6, 6.07) is -6.23. The fourth-order valence-electron chi connectivity index (χ4n) is 6.82. The first kappa shape index (κ1) is 39.0. The van der Waals surface area contributed by atoms with Crippen LogP contribution in [0.2, 0.25) is 0 Å². The van der Waals surface area contributed by atoms with Crippen molar-refractivity contribution in [2.45, 2.75) is 156 Å². The molecule has 12 atom stereocenters. The topological polar surface area (TPSA) is 203 Å². The van der Waals surface area contributed by atoms with Gasteiger partial charge in [-0.2, -0.15) is 0 Å². The summed E-state index contributed by atoms with van der Waals surface area (Å²) >= 11 is 0. The lowest BCUT2D eigenvalue weighted by atomic mass is 10.0. The molecule has 0 aromatic rings. The van der Waals surface area contributed by atoms with Gasteiger partial charge in [-0.05, 0) is 51.4 Å². The van der Waals surface area contributed by atoms with Crippen molar-refractivity contribution in [1.29, 1.82) is 0 Å². The molecule has 0 fully saturated rings. The van der Waals surface area contributed by atoms with Crippen molar-refractivity contribution < 1.29 is 38.1 Å². The summed E-state index contributed by atoms with van der Waals surface area (Å²) in [5.41, 5.74) is 0. The number of carbonyl (C=O) groups excluding carboxylic acids is 4. The summed E-state index contributed by atoms with van der Waals surface area (Å²) in [7, 11) is 0. The van der Waals surface area contributed by atoms with Gasteiger partial charge in [0.15, 0.2) is 24.2 Å². The number of hydrogen-bond donors (Lipinski definition) is 4. The average molecular weight is 729 g/mol. The molecule has 288 valence electrons. The van der Waals surface area contributed by atoms with Gasteiger partial charge in [0.25, 0.3) is 0 Å². The third-order valence-corrected chi connectivity index (χ3v) is 10.1. The molecular formula is C36H56N8O8. The van der Waals surface area contributed by atoms with Crippen LogP contribution in [0.3, 0.4) is 0 Å². The van der Waals surface area contributed by atoms with Crippen LogP contribution in [0.5, 0.6) is 0 Å². The lowest BCUT2D eigenvalue weighted by Gasteiger charge is -2.25. The first-order chi connectivity index (χ1) is 24.4. The van der Waals surface area contributed by atoms with Gasteiger partial charge in [-0.15, -0.1) is 0 Å². The standard InChI is InChI=1S/C36H56N8O8/c1-13(2)21-33-41-26(17(9)49-33)30(46)38-23(15(5)6)35-43-28(19(11)51-35)32(48)40-24(16(7)8)36-44-27(20(12)52-36)31(47)39-22(14(3)4)34-42-25(18(10)50-34)29(45)37-21/h13-28H,1-12H3,(H,37,45)(H,38,46)(H,39,47)(H,40,48)/t17-,18-,19-,20-,21+,22+,23+,24+,25+,26+,27+,28+/m1/s1. The Kier molecular flexibility index (Phi) is 11.5. The van der Waals surface area contributed by atoms with E-state index in [9.17, 15) is 19.2 Å². The number of carbonyl (C=O) groups is 4. The minimum atomic E-state index is -0.905. The molecular weight excluding hydrogens is 672 g/mol. The first-order valence-electron chi connectivity index (χ1n) is 18.6. The number of nitrogens with one attached hydrogen (secondary N) is 4. The highest BCUT2D eigenvalue weighted by Gasteiger charge is 2.46. The van der Waals surface area contributed by atoms with Crippen molar-refractivity contribution >= 4 is 47.2 Å². The van der Waals surface area contributed by atoms with Crippen molar-refractivity contribution in [1.82, 2.24) is 21.3 Å². The number of rotatable bonds is 4. The normalized spacial score (nSPS) is 37.1. The van der Waals surface area contributed by atoms with E-state index in [1.54, 1.807) is 27.7 Å². The van der Waals surface area contributed by atoms with Crippen LogP contribution in [0, 0.1) is 23.7 Å². The molecule has 5 heterocycles. The van der Waals surface area contributed by atoms with E-state index < -0.39 is 96.4 Å². The van der Waals surface area contributed by atoms with Gasteiger partial charge in [0.2, 0.25) is 47.2 Å². The van der Waals surface area contributed by atoms with Gasteiger partial charge in [0.1, 0.15) is 48.6 Å². The summed E-state index contributed by atoms with van der Waals surface area (Å²) in [5.74, 6) is -1.23. The minimum absolute atomic E-state index is 0.148. The molecule has 0 saturated carbocycles. The van der Waals surface area contributed by atoms with Crippen LogP contribution >= 0.6 is 0 Å². The molecule has 4 N–H and O–H groups in total. The highest BCUT2D eigenvalue weighted by atomic mass is 16.5. The summed E-state index contributed by atoms with van der Waals surface area (Å²) in [4.78, 5) is 73.7. The van der Waals surface area contributed by atoms with Crippen LogP contribution in [-0.4, -0.2) is 120 Å². The molecule has 52 heavy (non-hydrogen) atoms. The van der Waals surface area contributed by atoms with Gasteiger partial charge in [-0.1, -0.05) is 55.4 Å². The van der Waals surface area contributed by atoms with Gasteiger partial charge >= 0.3 is 0 Å². The van der Waals surface area contributed by atoms with Gasteiger partial charge in [0, 0.05) is 0 Å². The molecule has 16 nitrogen and oxygen atoms in total. The Morgan fingerprint density at radius 3 is 0.712 bits per heavy atom. The summed E-state index contributed by atoms with van der Waals surface area (Å²) in [5, 5.41) is 12.1. The zero-order valence-electron chi connectivity index (χ0n) is 32.3. The van der Waals surface area contributed by atoms with Crippen molar-refractivity contribution in [2.24, 2.45) is 43.6 Å². The molecule has 5 rings (SSSR count). The van der Waals surface area contributed by atoms with E-state index in [0.29, 0.717) is 0 Å². The Morgan fingerprint density at radius 1 is 0.385 bits per heavy atom. The van der Waals surface area contributed by atoms with Gasteiger partial charge in [0.05, 0.1) is 0 Å². The smallest absolute Gasteiger partial charge is 0.249 e. The minimum Gasteiger partial charge on any atom is -0.474 e. The SMILES string of the molecule is CC(C)[C@@H]1NC(=O)[C@H]2N=C(O[C@@H]2C)[C@H](C(C)C)NC(=O)[C@H]2N=C(O[C@@H]2C)[C@H](C(C)C)NC(=O)[C@H]2N=C(O[C@@H]2C)[C@H](C(C)C)NC(=O)[C@H]2N=C1O[C@@H]2C. The molecule has 0 aliphatic carbocycles. The lowest BCUT2D eigenvalue weighted by Crippen LogP contribution is -2.50. The third kappa shape index (κ3) is 7.89. The zero-order valence-corrected chi connectivity index (χ0v) is 32.3. The number of amides is 4. The van der Waals surface area contributed by atoms with Crippen LogP contribution in [0.1, 0.15) is 83.1 Å². The molecule has 0 aromatic heterocycles. The van der Waals surface area contributed by atoms with Gasteiger partial charge in [-0.25, -0.2) is 20.0 Å². The van der Waals surface area contributed by atoms with Crippen molar-refractivity contribution in [3.8, 4) is 0 Å². The Balaban J connectivity index is 1.53. The van der Waals surface area contributed by atoms with E-state index >= 15 is 0 Å². The summed E-state index contributed by atoms with van der Waals surface area (Å²) in [6.45, 7) is 22.3. The number of fused-ring (bicyclic) bond motifs is 4. The second-order valence-electron chi connectivity index (χ2n) is 15.9. The van der Waals surface area contributed by atoms with E-state index in [-0.39, 0.29) is 47.3 Å². The summed E-state index contributed by atoms with van der Waals surface area (Å²) in [6.07, 6.45) is -2.48. The van der Waals surface area contributed by atoms with Crippen molar-refractivity contribution in [2.75, 3.05) is 0 Å². The number of ether oxygens (including phenoxy) is 4. The van der Waals surface area contributed by atoms with Crippen LogP contribution in [0.4, 0.5) is 0 Å². The maximum atomic E-state index is 13.8. The van der Waals surface area contributed by atoms with Crippen LogP contribution < -0.4 is 21.3 Å². The van der Waals surface area contributed by atoms with Gasteiger partial charge in [-0.3, -0.25) is 19.2 Å². The van der Waals surface area contributed by atoms with E-state index in [1.807, 2.05) is 55.4 Å². The second-order valence-corrected chi connectivity index (χ2v) is 15.9. The first-order valence-corrected chi connectivity index (χ1v) is 18.6. The van der Waals surface area contributed by atoms with E-state index in [4.69, 9.17) is 18.9 Å². The van der Waals surface area contributed by atoms with Gasteiger partial charge < -0.3 is 40.2 Å². The number of nitrogens with zero attached hydrogens (tertiary/aromatic N) is 4. The predicted molar refractivity (Wildman–Crippen MR) is 194 cm³/mol. The molecule has 5 aliphatic rings. The Bertz CT molecular complexity index is 1320. The maximum absolute atomic E-state index is 13.8.